The number of benzene rings is 2. The first-order valence-electron chi connectivity index (χ1n) is 12.6. The Morgan fingerprint density at radius 3 is 2.54 bits per heavy atom. The van der Waals surface area contributed by atoms with Crippen LogP contribution in [0.15, 0.2) is 54.6 Å². The zero-order valence-corrected chi connectivity index (χ0v) is 23.6. The van der Waals surface area contributed by atoms with E-state index in [1.165, 1.54) is 16.9 Å². The standard InChI is InChI=1S/C30H25Cl2N5OS/c1-20-5-7-21(8-6-20)9-11-23-12-14-27(39-23)29-24(15-16-33)28(30(38)35-36-17-3-2-4-18-36)34-37(29)26-13-10-22(31)19-25(26)32/h5-8,10,12-14,19H,2-4,15,17-18H2,1H3,(H,35,38). The van der Waals surface area contributed by atoms with Crippen molar-refractivity contribution in [1.29, 1.82) is 5.26 Å². The Bertz CT molecular complexity index is 1620. The van der Waals surface area contributed by atoms with Gasteiger partial charge in [-0.1, -0.05) is 59.2 Å². The minimum atomic E-state index is -0.344. The number of piperidine rings is 1. The Morgan fingerprint density at radius 1 is 1.05 bits per heavy atom. The number of hydrogen-bond acceptors (Lipinski definition) is 5. The van der Waals surface area contributed by atoms with Crippen LogP contribution in [0.4, 0.5) is 0 Å². The van der Waals surface area contributed by atoms with Crippen LogP contribution in [-0.4, -0.2) is 33.8 Å². The van der Waals surface area contributed by atoms with Crippen molar-refractivity contribution in [2.45, 2.75) is 32.6 Å². The second-order valence-electron chi connectivity index (χ2n) is 9.29. The lowest BCUT2D eigenvalue weighted by atomic mass is 10.1. The van der Waals surface area contributed by atoms with Gasteiger partial charge in [-0.15, -0.1) is 11.3 Å². The Labute approximate surface area is 241 Å². The molecule has 9 heteroatoms. The van der Waals surface area contributed by atoms with Gasteiger partial charge in [-0.3, -0.25) is 10.2 Å². The molecule has 0 unspecified atom stereocenters. The van der Waals surface area contributed by atoms with E-state index in [1.54, 1.807) is 22.9 Å². The highest BCUT2D eigenvalue weighted by atomic mass is 35.5. The molecule has 5 rings (SSSR count). The summed E-state index contributed by atoms with van der Waals surface area (Å²) in [6, 6.07) is 19.3. The second kappa shape index (κ2) is 12.1. The average Bonchev–Trinajstić information content (AvgIpc) is 3.54. The van der Waals surface area contributed by atoms with Gasteiger partial charge in [-0.05, 0) is 62.2 Å². The van der Waals surface area contributed by atoms with Crippen molar-refractivity contribution < 1.29 is 4.79 Å². The van der Waals surface area contributed by atoms with E-state index < -0.39 is 0 Å². The number of carbonyl (C=O) groups excluding carboxylic acids is 1. The molecule has 2 aromatic heterocycles. The van der Waals surface area contributed by atoms with E-state index >= 15 is 0 Å². The number of hydrazine groups is 1. The largest absolute Gasteiger partial charge is 0.286 e. The molecule has 2 aromatic carbocycles. The molecule has 1 saturated heterocycles. The number of hydrogen-bond donors (Lipinski definition) is 1. The maximum atomic E-state index is 13.5. The van der Waals surface area contributed by atoms with Crippen LogP contribution in [0.5, 0.6) is 0 Å². The molecule has 4 aromatic rings. The zero-order chi connectivity index (χ0) is 27.4. The molecule has 1 amide bonds. The highest BCUT2D eigenvalue weighted by molar-refractivity contribution is 7.16. The number of carbonyl (C=O) groups is 1. The van der Waals surface area contributed by atoms with Crippen LogP contribution in [0.25, 0.3) is 16.3 Å². The molecule has 0 aliphatic carbocycles. The van der Waals surface area contributed by atoms with Gasteiger partial charge in [0.1, 0.15) is 0 Å². The smallest absolute Gasteiger partial charge is 0.283 e. The fourth-order valence-corrected chi connectivity index (χ4v) is 5.87. The predicted octanol–water partition coefficient (Wildman–Crippen LogP) is 6.81. The van der Waals surface area contributed by atoms with Crippen molar-refractivity contribution in [3.8, 4) is 34.2 Å². The highest BCUT2D eigenvalue weighted by Gasteiger charge is 2.27. The molecule has 0 bridgehead atoms. The van der Waals surface area contributed by atoms with Crippen molar-refractivity contribution >= 4 is 40.4 Å². The van der Waals surface area contributed by atoms with Gasteiger partial charge in [0, 0.05) is 29.2 Å². The SMILES string of the molecule is Cc1ccc(C#Cc2ccc(-c3c(CC#N)c(C(=O)NN4CCCCC4)nn3-c3ccc(Cl)cc3Cl)s2)cc1. The van der Waals surface area contributed by atoms with Crippen molar-refractivity contribution in [2.24, 2.45) is 0 Å². The van der Waals surface area contributed by atoms with Gasteiger partial charge in [0.25, 0.3) is 5.91 Å². The predicted molar refractivity (Wildman–Crippen MR) is 156 cm³/mol. The molecule has 196 valence electrons. The van der Waals surface area contributed by atoms with Gasteiger partial charge >= 0.3 is 0 Å². The fraction of sp³-hybridized carbons (Fsp3) is 0.233. The lowest BCUT2D eigenvalue weighted by Gasteiger charge is -2.26. The van der Waals surface area contributed by atoms with E-state index in [1.807, 2.05) is 48.3 Å². The summed E-state index contributed by atoms with van der Waals surface area (Å²) < 4.78 is 1.64. The number of aryl methyl sites for hydroxylation is 1. The van der Waals surface area contributed by atoms with Crippen molar-refractivity contribution in [3.05, 3.63) is 91.9 Å². The topological polar surface area (TPSA) is 74.0 Å². The Hall–Kier alpha value is -3.59. The van der Waals surface area contributed by atoms with Crippen molar-refractivity contribution in [2.75, 3.05) is 13.1 Å². The summed E-state index contributed by atoms with van der Waals surface area (Å²) in [5.41, 5.74) is 7.03. The molecule has 1 aliphatic rings. The summed E-state index contributed by atoms with van der Waals surface area (Å²) in [5, 5.41) is 17.2. The number of nitrogens with zero attached hydrogens (tertiary/aromatic N) is 4. The van der Waals surface area contributed by atoms with Gasteiger partial charge in [0.05, 0.1) is 38.6 Å². The molecule has 1 fully saturated rings. The third-order valence-corrected chi connectivity index (χ3v) is 7.97. The van der Waals surface area contributed by atoms with Crippen molar-refractivity contribution in [3.63, 3.8) is 0 Å². The molecule has 0 spiro atoms. The molecule has 0 saturated carbocycles. The molecule has 6 nitrogen and oxygen atoms in total. The summed E-state index contributed by atoms with van der Waals surface area (Å²) in [6.07, 6.45) is 3.19. The number of rotatable bonds is 5. The third-order valence-electron chi connectivity index (χ3n) is 6.43. The van der Waals surface area contributed by atoms with E-state index in [4.69, 9.17) is 28.3 Å². The molecule has 0 radical (unpaired) electrons. The maximum Gasteiger partial charge on any atom is 0.286 e. The van der Waals surface area contributed by atoms with Crippen LogP contribution in [0, 0.1) is 30.1 Å². The summed E-state index contributed by atoms with van der Waals surface area (Å²) in [7, 11) is 0. The van der Waals surface area contributed by atoms with E-state index in [-0.39, 0.29) is 18.0 Å². The monoisotopic (exact) mass is 573 g/mol. The quantitative estimate of drug-likeness (QED) is 0.266. The summed E-state index contributed by atoms with van der Waals surface area (Å²) in [5.74, 6) is 6.09. The van der Waals surface area contributed by atoms with E-state index in [0.29, 0.717) is 27.0 Å². The molecule has 39 heavy (non-hydrogen) atoms. The minimum Gasteiger partial charge on any atom is -0.283 e. The molecule has 0 atom stereocenters. The molecule has 1 N–H and O–H groups in total. The fourth-order valence-electron chi connectivity index (χ4n) is 4.47. The number of nitriles is 1. The summed E-state index contributed by atoms with van der Waals surface area (Å²) >= 11 is 14.2. The first-order valence-corrected chi connectivity index (χ1v) is 14.2. The highest BCUT2D eigenvalue weighted by Crippen LogP contribution is 2.36. The molecule has 3 heterocycles. The van der Waals surface area contributed by atoms with E-state index in [0.717, 1.165) is 47.7 Å². The van der Waals surface area contributed by atoms with Gasteiger partial charge in [0.15, 0.2) is 5.69 Å². The lowest BCUT2D eigenvalue weighted by molar-refractivity contribution is 0.0743. The average molecular weight is 575 g/mol. The van der Waals surface area contributed by atoms with Crippen LogP contribution in [0.2, 0.25) is 10.0 Å². The lowest BCUT2D eigenvalue weighted by Crippen LogP contribution is -2.45. The molecular formula is C30H25Cl2N5OS. The van der Waals surface area contributed by atoms with Gasteiger partial charge in [-0.2, -0.15) is 10.4 Å². The number of amides is 1. The number of thiophene rings is 1. The Kier molecular flexibility index (Phi) is 8.35. The first-order chi connectivity index (χ1) is 18.9. The van der Waals surface area contributed by atoms with Crippen LogP contribution < -0.4 is 5.43 Å². The van der Waals surface area contributed by atoms with Crippen LogP contribution in [0.3, 0.4) is 0 Å². The van der Waals surface area contributed by atoms with Crippen molar-refractivity contribution in [1.82, 2.24) is 20.2 Å². The summed E-state index contributed by atoms with van der Waals surface area (Å²) in [4.78, 5) is 15.1. The van der Waals surface area contributed by atoms with Crippen LogP contribution in [-0.2, 0) is 6.42 Å². The van der Waals surface area contributed by atoms with E-state index in [2.05, 4.69) is 23.3 Å². The van der Waals surface area contributed by atoms with Crippen LogP contribution in [0.1, 0.15) is 51.3 Å². The number of halogens is 2. The molecular weight excluding hydrogens is 549 g/mol. The maximum absolute atomic E-state index is 13.5. The first kappa shape index (κ1) is 27.0. The van der Waals surface area contributed by atoms with Gasteiger partial charge < -0.3 is 0 Å². The Morgan fingerprint density at radius 2 is 1.82 bits per heavy atom. The minimum absolute atomic E-state index is 0.00553. The van der Waals surface area contributed by atoms with Gasteiger partial charge in [-0.25, -0.2) is 9.69 Å². The summed E-state index contributed by atoms with van der Waals surface area (Å²) in [6.45, 7) is 3.60. The normalized spacial score (nSPS) is 13.4. The third kappa shape index (κ3) is 6.19. The van der Waals surface area contributed by atoms with Crippen LogP contribution >= 0.6 is 34.5 Å². The molecule has 1 aliphatic heterocycles. The van der Waals surface area contributed by atoms with E-state index in [9.17, 15) is 10.1 Å². The second-order valence-corrected chi connectivity index (χ2v) is 11.2. The zero-order valence-electron chi connectivity index (χ0n) is 21.3. The van der Waals surface area contributed by atoms with Gasteiger partial charge in [0.2, 0.25) is 0 Å². The Balaban J connectivity index is 1.59. The number of aromatic nitrogens is 2. The number of nitrogens with one attached hydrogen (secondary N) is 1.